The summed E-state index contributed by atoms with van der Waals surface area (Å²) < 4.78 is 4.61. The molecule has 0 aliphatic carbocycles. The maximum absolute atomic E-state index is 11.0. The molecule has 0 amide bonds. The van der Waals surface area contributed by atoms with Crippen LogP contribution >= 0.6 is 11.3 Å². The van der Waals surface area contributed by atoms with E-state index in [4.69, 9.17) is 0 Å². The van der Waals surface area contributed by atoms with E-state index in [1.54, 1.807) is 11.3 Å². The molecule has 0 radical (unpaired) electrons. The van der Waals surface area contributed by atoms with Gasteiger partial charge in [-0.1, -0.05) is 6.42 Å². The third-order valence-corrected chi connectivity index (χ3v) is 3.77. The van der Waals surface area contributed by atoms with E-state index >= 15 is 0 Å². The smallest absolute Gasteiger partial charge is 0.305 e. The molecule has 2 heterocycles. The molecule has 6 heteroatoms. The van der Waals surface area contributed by atoms with E-state index < -0.39 is 0 Å². The maximum Gasteiger partial charge on any atom is 0.305 e. The van der Waals surface area contributed by atoms with Crippen molar-refractivity contribution in [1.29, 1.82) is 0 Å². The van der Waals surface area contributed by atoms with Crippen LogP contribution in [0.2, 0.25) is 0 Å². The molecule has 1 aliphatic rings. The van der Waals surface area contributed by atoms with Gasteiger partial charge in [-0.3, -0.25) is 10.2 Å². The van der Waals surface area contributed by atoms with Crippen molar-refractivity contribution in [3.63, 3.8) is 0 Å². The first-order valence-electron chi connectivity index (χ1n) is 6.31. The zero-order valence-electron chi connectivity index (χ0n) is 10.6. The second-order valence-electron chi connectivity index (χ2n) is 4.38. The van der Waals surface area contributed by atoms with Crippen molar-refractivity contribution in [2.75, 3.05) is 25.6 Å². The fourth-order valence-electron chi connectivity index (χ4n) is 1.95. The van der Waals surface area contributed by atoms with Crippen molar-refractivity contribution in [1.82, 2.24) is 9.99 Å². The number of methoxy groups -OCH3 is 1. The van der Waals surface area contributed by atoms with Crippen LogP contribution in [-0.4, -0.2) is 36.2 Å². The van der Waals surface area contributed by atoms with Crippen LogP contribution in [-0.2, 0) is 16.0 Å². The van der Waals surface area contributed by atoms with Gasteiger partial charge in [0.15, 0.2) is 5.13 Å². The summed E-state index contributed by atoms with van der Waals surface area (Å²) in [4.78, 5) is 15.5. The summed E-state index contributed by atoms with van der Waals surface area (Å²) >= 11 is 1.59. The quantitative estimate of drug-likeness (QED) is 0.829. The fourth-order valence-corrected chi connectivity index (χ4v) is 2.72. The Balaban J connectivity index is 1.80. The SMILES string of the molecule is COC(=O)CCc1csc(NN2CCCCC2)n1. The van der Waals surface area contributed by atoms with E-state index in [0.29, 0.717) is 12.8 Å². The number of carbonyl (C=O) groups excluding carboxylic acids is 1. The Morgan fingerprint density at radius 3 is 3.00 bits per heavy atom. The van der Waals surface area contributed by atoms with E-state index in [0.717, 1.165) is 23.9 Å². The molecule has 0 atom stereocenters. The highest BCUT2D eigenvalue weighted by Crippen LogP contribution is 2.19. The van der Waals surface area contributed by atoms with Crippen LogP contribution in [0, 0.1) is 0 Å². The third-order valence-electron chi connectivity index (χ3n) is 2.97. The van der Waals surface area contributed by atoms with Gasteiger partial charge in [0.25, 0.3) is 0 Å². The molecule has 1 fully saturated rings. The second kappa shape index (κ2) is 6.70. The lowest BCUT2D eigenvalue weighted by Gasteiger charge is -2.26. The summed E-state index contributed by atoms with van der Waals surface area (Å²) in [6.45, 7) is 2.16. The van der Waals surface area contributed by atoms with Crippen LogP contribution in [0.4, 0.5) is 5.13 Å². The molecule has 0 bridgehead atoms. The highest BCUT2D eigenvalue weighted by Gasteiger charge is 2.12. The first-order chi connectivity index (χ1) is 8.78. The minimum atomic E-state index is -0.187. The number of ether oxygens (including phenoxy) is 1. The minimum absolute atomic E-state index is 0.187. The van der Waals surface area contributed by atoms with Gasteiger partial charge in [0.1, 0.15) is 0 Å². The molecule has 1 aromatic heterocycles. The van der Waals surface area contributed by atoms with Crippen LogP contribution in [0.5, 0.6) is 0 Å². The number of hydrazine groups is 1. The number of aromatic nitrogens is 1. The number of nitrogens with one attached hydrogen (secondary N) is 1. The van der Waals surface area contributed by atoms with E-state index in [9.17, 15) is 4.79 Å². The lowest BCUT2D eigenvalue weighted by atomic mass is 10.2. The highest BCUT2D eigenvalue weighted by molar-refractivity contribution is 7.13. The molecule has 0 aromatic carbocycles. The summed E-state index contributed by atoms with van der Waals surface area (Å²) in [7, 11) is 1.41. The number of piperidine rings is 1. The van der Waals surface area contributed by atoms with Crippen LogP contribution in [0.3, 0.4) is 0 Å². The number of hydrogen-bond acceptors (Lipinski definition) is 6. The standard InChI is InChI=1S/C12H19N3O2S/c1-17-11(16)6-5-10-9-18-12(13-10)14-15-7-3-2-4-8-15/h9H,2-8H2,1H3,(H,13,14). The van der Waals surface area contributed by atoms with Crippen LogP contribution in [0.1, 0.15) is 31.4 Å². The Bertz CT molecular complexity index is 388. The number of hydrogen-bond donors (Lipinski definition) is 1. The topological polar surface area (TPSA) is 54.5 Å². The third kappa shape index (κ3) is 3.96. The van der Waals surface area contributed by atoms with Crippen molar-refractivity contribution in [2.45, 2.75) is 32.1 Å². The average Bonchev–Trinajstić information content (AvgIpc) is 2.85. The lowest BCUT2D eigenvalue weighted by molar-refractivity contribution is -0.140. The van der Waals surface area contributed by atoms with Gasteiger partial charge in [-0.05, 0) is 12.8 Å². The van der Waals surface area contributed by atoms with Crippen molar-refractivity contribution >= 4 is 22.4 Å². The molecule has 0 unspecified atom stereocenters. The van der Waals surface area contributed by atoms with Crippen molar-refractivity contribution < 1.29 is 9.53 Å². The summed E-state index contributed by atoms with van der Waals surface area (Å²) in [6, 6.07) is 0. The number of nitrogens with zero attached hydrogens (tertiary/aromatic N) is 2. The number of carbonyl (C=O) groups is 1. The van der Waals surface area contributed by atoms with Crippen LogP contribution in [0.25, 0.3) is 0 Å². The van der Waals surface area contributed by atoms with Crippen LogP contribution < -0.4 is 5.43 Å². The first-order valence-corrected chi connectivity index (χ1v) is 7.19. The molecule has 0 saturated carbocycles. The zero-order chi connectivity index (χ0) is 12.8. The Labute approximate surface area is 111 Å². The van der Waals surface area contributed by atoms with Crippen LogP contribution in [0.15, 0.2) is 5.38 Å². The normalized spacial score (nSPS) is 16.5. The molecular weight excluding hydrogens is 250 g/mol. The molecule has 1 aromatic rings. The molecule has 18 heavy (non-hydrogen) atoms. The molecule has 5 nitrogen and oxygen atoms in total. The van der Waals surface area contributed by atoms with Crippen molar-refractivity contribution in [2.24, 2.45) is 0 Å². The summed E-state index contributed by atoms with van der Waals surface area (Å²) in [5, 5.41) is 5.12. The molecule has 1 saturated heterocycles. The zero-order valence-corrected chi connectivity index (χ0v) is 11.5. The maximum atomic E-state index is 11.0. The van der Waals surface area contributed by atoms with Gasteiger partial charge >= 0.3 is 5.97 Å². The highest BCUT2D eigenvalue weighted by atomic mass is 32.1. The minimum Gasteiger partial charge on any atom is -0.469 e. The van der Waals surface area contributed by atoms with Crippen molar-refractivity contribution in [3.8, 4) is 0 Å². The lowest BCUT2D eigenvalue weighted by Crippen LogP contribution is -2.34. The van der Waals surface area contributed by atoms with E-state index in [1.807, 2.05) is 5.38 Å². The average molecular weight is 269 g/mol. The Morgan fingerprint density at radius 1 is 1.50 bits per heavy atom. The molecule has 100 valence electrons. The number of thiazole rings is 1. The Kier molecular flexibility index (Phi) is 4.95. The Morgan fingerprint density at radius 2 is 2.28 bits per heavy atom. The van der Waals surface area contributed by atoms with Gasteiger partial charge in [-0.15, -0.1) is 11.3 Å². The number of rotatable bonds is 5. The van der Waals surface area contributed by atoms with Gasteiger partial charge < -0.3 is 4.74 Å². The fraction of sp³-hybridized carbons (Fsp3) is 0.667. The predicted octanol–water partition coefficient (Wildman–Crippen LogP) is 2.06. The summed E-state index contributed by atoms with van der Waals surface area (Å²) in [5.41, 5.74) is 4.28. The predicted molar refractivity (Wildman–Crippen MR) is 71.5 cm³/mol. The first kappa shape index (κ1) is 13.3. The van der Waals surface area contributed by atoms with E-state index in [2.05, 4.69) is 20.2 Å². The largest absolute Gasteiger partial charge is 0.469 e. The molecule has 0 spiro atoms. The van der Waals surface area contributed by atoms with Crippen molar-refractivity contribution in [3.05, 3.63) is 11.1 Å². The van der Waals surface area contributed by atoms with Gasteiger partial charge in [-0.2, -0.15) is 0 Å². The van der Waals surface area contributed by atoms with E-state index in [1.165, 1.54) is 26.4 Å². The Hall–Kier alpha value is -1.14. The number of esters is 1. The second-order valence-corrected chi connectivity index (χ2v) is 5.24. The molecule has 1 N–H and O–H groups in total. The van der Waals surface area contributed by atoms with Gasteiger partial charge in [-0.25, -0.2) is 9.99 Å². The number of aryl methyl sites for hydroxylation is 1. The number of anilines is 1. The molecular formula is C12H19N3O2S. The van der Waals surface area contributed by atoms with Gasteiger partial charge in [0.2, 0.25) is 0 Å². The van der Waals surface area contributed by atoms with Gasteiger partial charge in [0.05, 0.1) is 19.2 Å². The van der Waals surface area contributed by atoms with Gasteiger partial charge in [0, 0.05) is 24.9 Å². The molecule has 2 rings (SSSR count). The monoisotopic (exact) mass is 269 g/mol. The molecule has 1 aliphatic heterocycles. The van der Waals surface area contributed by atoms with E-state index in [-0.39, 0.29) is 5.97 Å². The summed E-state index contributed by atoms with van der Waals surface area (Å²) in [5.74, 6) is -0.187. The summed E-state index contributed by atoms with van der Waals surface area (Å²) in [6.07, 6.45) is 4.84.